The number of benzene rings is 2. The third kappa shape index (κ3) is 4.97. The van der Waals surface area contributed by atoms with E-state index >= 15 is 0 Å². The Hall–Kier alpha value is -3.55. The number of anilines is 3. The molecule has 0 aliphatic rings. The van der Waals surface area contributed by atoms with Crippen LogP contribution in [0.15, 0.2) is 61.1 Å². The van der Waals surface area contributed by atoms with E-state index in [1.165, 1.54) is 6.07 Å². The summed E-state index contributed by atoms with van der Waals surface area (Å²) >= 11 is 0. The molecule has 0 saturated heterocycles. The first kappa shape index (κ1) is 18.2. The predicted octanol–water partition coefficient (Wildman–Crippen LogP) is 4.38. The number of aryl methyl sites for hydroxylation is 1. The van der Waals surface area contributed by atoms with Gasteiger partial charge in [0, 0.05) is 35.4 Å². The van der Waals surface area contributed by atoms with E-state index in [4.69, 9.17) is 0 Å². The van der Waals surface area contributed by atoms with Crippen molar-refractivity contribution in [2.75, 3.05) is 10.6 Å². The van der Waals surface area contributed by atoms with Crippen LogP contribution < -0.4 is 15.4 Å². The van der Waals surface area contributed by atoms with Gasteiger partial charge in [-0.1, -0.05) is 12.1 Å². The summed E-state index contributed by atoms with van der Waals surface area (Å²) in [4.78, 5) is 20.6. The lowest BCUT2D eigenvalue weighted by molar-refractivity contribution is -0.0502. The second-order valence-corrected chi connectivity index (χ2v) is 5.61. The van der Waals surface area contributed by atoms with Crippen LogP contribution in [0.1, 0.15) is 15.9 Å². The molecule has 0 fully saturated rings. The number of alkyl halides is 2. The zero-order chi connectivity index (χ0) is 19.2. The summed E-state index contributed by atoms with van der Waals surface area (Å²) in [7, 11) is 0. The molecule has 0 saturated carbocycles. The van der Waals surface area contributed by atoms with Gasteiger partial charge in [0.2, 0.25) is 0 Å². The lowest BCUT2D eigenvalue weighted by Crippen LogP contribution is -2.12. The van der Waals surface area contributed by atoms with Crippen LogP contribution in [0.3, 0.4) is 0 Å². The number of nitrogens with one attached hydrogen (secondary N) is 2. The van der Waals surface area contributed by atoms with E-state index in [0.717, 1.165) is 0 Å². The zero-order valence-electron chi connectivity index (χ0n) is 14.3. The maximum absolute atomic E-state index is 12.5. The number of ether oxygens (including phenoxy) is 1. The number of hydrogen-bond acceptors (Lipinski definition) is 5. The van der Waals surface area contributed by atoms with Crippen LogP contribution >= 0.6 is 0 Å². The summed E-state index contributed by atoms with van der Waals surface area (Å²) in [5, 5.41) is 5.71. The fourth-order valence-electron chi connectivity index (χ4n) is 2.35. The molecule has 0 bridgehead atoms. The van der Waals surface area contributed by atoms with Gasteiger partial charge in [0.25, 0.3) is 5.91 Å². The number of hydrogen-bond donors (Lipinski definition) is 2. The topological polar surface area (TPSA) is 76.1 Å². The van der Waals surface area contributed by atoms with Crippen molar-refractivity contribution in [1.82, 2.24) is 9.97 Å². The second kappa shape index (κ2) is 8.22. The maximum Gasteiger partial charge on any atom is 0.387 e. The van der Waals surface area contributed by atoms with E-state index in [9.17, 15) is 13.6 Å². The average Bonchev–Trinajstić information content (AvgIpc) is 2.65. The SMILES string of the molecule is Cc1ccc(NC(=O)c2cccc(Nc3cnccn3)c2)cc1OC(F)F. The minimum absolute atomic E-state index is 0.0147. The molecule has 0 aliphatic carbocycles. The highest BCUT2D eigenvalue weighted by Crippen LogP contribution is 2.25. The quantitative estimate of drug-likeness (QED) is 0.673. The fourth-order valence-corrected chi connectivity index (χ4v) is 2.35. The van der Waals surface area contributed by atoms with Crippen molar-refractivity contribution in [2.45, 2.75) is 13.5 Å². The first-order valence-electron chi connectivity index (χ1n) is 8.01. The molecule has 2 aromatic carbocycles. The van der Waals surface area contributed by atoms with Crippen molar-refractivity contribution in [3.8, 4) is 5.75 Å². The van der Waals surface area contributed by atoms with Crippen LogP contribution in [0.4, 0.5) is 26.0 Å². The standard InChI is InChI=1S/C19H16F2N4O2/c1-12-5-6-15(10-16(12)27-19(20)21)25-18(26)13-3-2-4-14(9-13)24-17-11-22-7-8-23-17/h2-11,19H,1H3,(H,23,24)(H,25,26). The highest BCUT2D eigenvalue weighted by atomic mass is 19.3. The summed E-state index contributed by atoms with van der Waals surface area (Å²) in [5.74, 6) is 0.174. The highest BCUT2D eigenvalue weighted by molar-refractivity contribution is 6.05. The highest BCUT2D eigenvalue weighted by Gasteiger charge is 2.11. The minimum atomic E-state index is -2.93. The monoisotopic (exact) mass is 370 g/mol. The Labute approximate surface area is 154 Å². The van der Waals surface area contributed by atoms with Gasteiger partial charge >= 0.3 is 6.61 Å². The molecule has 3 rings (SSSR count). The number of carbonyl (C=O) groups is 1. The van der Waals surface area contributed by atoms with Crippen molar-refractivity contribution < 1.29 is 18.3 Å². The number of aromatic nitrogens is 2. The van der Waals surface area contributed by atoms with Gasteiger partial charge in [0.15, 0.2) is 0 Å². The van der Waals surface area contributed by atoms with Crippen LogP contribution in [-0.4, -0.2) is 22.5 Å². The van der Waals surface area contributed by atoms with Gasteiger partial charge in [0.05, 0.1) is 6.20 Å². The van der Waals surface area contributed by atoms with Gasteiger partial charge < -0.3 is 15.4 Å². The zero-order valence-corrected chi connectivity index (χ0v) is 14.3. The first-order chi connectivity index (χ1) is 13.0. The van der Waals surface area contributed by atoms with E-state index in [1.807, 2.05) is 0 Å². The Morgan fingerprint density at radius 2 is 1.96 bits per heavy atom. The second-order valence-electron chi connectivity index (χ2n) is 5.61. The molecule has 0 spiro atoms. The third-order valence-corrected chi connectivity index (χ3v) is 3.62. The summed E-state index contributed by atoms with van der Waals surface area (Å²) in [5.41, 5.74) is 1.95. The van der Waals surface area contributed by atoms with Crippen molar-refractivity contribution in [2.24, 2.45) is 0 Å². The number of carbonyl (C=O) groups excluding carboxylic acids is 1. The van der Waals surface area contributed by atoms with Gasteiger partial charge in [-0.05, 0) is 36.8 Å². The van der Waals surface area contributed by atoms with Crippen LogP contribution in [0.2, 0.25) is 0 Å². The molecule has 2 N–H and O–H groups in total. The molecule has 3 aromatic rings. The number of amides is 1. The van der Waals surface area contributed by atoms with E-state index in [1.54, 1.807) is 61.9 Å². The van der Waals surface area contributed by atoms with Crippen LogP contribution in [-0.2, 0) is 0 Å². The minimum Gasteiger partial charge on any atom is -0.434 e. The summed E-state index contributed by atoms with van der Waals surface area (Å²) in [6, 6.07) is 11.4. The van der Waals surface area contributed by atoms with Crippen molar-refractivity contribution in [3.05, 3.63) is 72.2 Å². The fraction of sp³-hybridized carbons (Fsp3) is 0.105. The molecule has 1 aromatic heterocycles. The molecule has 1 amide bonds. The van der Waals surface area contributed by atoms with Gasteiger partial charge in [0.1, 0.15) is 11.6 Å². The largest absolute Gasteiger partial charge is 0.434 e. The predicted molar refractivity (Wildman–Crippen MR) is 97.5 cm³/mol. The molecule has 0 aliphatic heterocycles. The smallest absolute Gasteiger partial charge is 0.387 e. The number of nitrogens with zero attached hydrogens (tertiary/aromatic N) is 2. The van der Waals surface area contributed by atoms with Crippen LogP contribution in [0.5, 0.6) is 5.75 Å². The third-order valence-electron chi connectivity index (χ3n) is 3.62. The normalized spacial score (nSPS) is 10.5. The Morgan fingerprint density at radius 3 is 2.70 bits per heavy atom. The van der Waals surface area contributed by atoms with Crippen LogP contribution in [0.25, 0.3) is 0 Å². The maximum atomic E-state index is 12.5. The molecule has 6 nitrogen and oxygen atoms in total. The Bertz CT molecular complexity index is 936. The Balaban J connectivity index is 1.74. The number of halogens is 2. The Kier molecular flexibility index (Phi) is 5.55. The molecule has 0 unspecified atom stereocenters. The van der Waals surface area contributed by atoms with Crippen molar-refractivity contribution >= 4 is 23.1 Å². The molecule has 8 heteroatoms. The molecule has 27 heavy (non-hydrogen) atoms. The van der Waals surface area contributed by atoms with E-state index in [-0.39, 0.29) is 11.7 Å². The first-order valence-corrected chi connectivity index (χ1v) is 8.01. The van der Waals surface area contributed by atoms with Gasteiger partial charge in [-0.3, -0.25) is 9.78 Å². The summed E-state index contributed by atoms with van der Waals surface area (Å²) < 4.78 is 29.4. The molecule has 1 heterocycles. The van der Waals surface area contributed by atoms with Gasteiger partial charge in [-0.25, -0.2) is 4.98 Å². The molecular formula is C19H16F2N4O2. The number of rotatable bonds is 6. The van der Waals surface area contributed by atoms with Gasteiger partial charge in [-0.2, -0.15) is 8.78 Å². The van der Waals surface area contributed by atoms with Gasteiger partial charge in [-0.15, -0.1) is 0 Å². The van der Waals surface area contributed by atoms with E-state index in [2.05, 4.69) is 25.3 Å². The van der Waals surface area contributed by atoms with E-state index < -0.39 is 6.61 Å². The lowest BCUT2D eigenvalue weighted by Gasteiger charge is -2.12. The summed E-state index contributed by atoms with van der Waals surface area (Å²) in [6.07, 6.45) is 4.67. The lowest BCUT2D eigenvalue weighted by atomic mass is 10.1. The Morgan fingerprint density at radius 1 is 1.11 bits per heavy atom. The molecular weight excluding hydrogens is 354 g/mol. The molecule has 0 atom stereocenters. The molecule has 0 radical (unpaired) electrons. The van der Waals surface area contributed by atoms with Crippen LogP contribution in [0, 0.1) is 6.92 Å². The average molecular weight is 370 g/mol. The van der Waals surface area contributed by atoms with Crippen molar-refractivity contribution in [1.29, 1.82) is 0 Å². The van der Waals surface area contributed by atoms with E-state index in [0.29, 0.717) is 28.3 Å². The summed E-state index contributed by atoms with van der Waals surface area (Å²) in [6.45, 7) is -1.29. The van der Waals surface area contributed by atoms with Crippen molar-refractivity contribution in [3.63, 3.8) is 0 Å². The molecule has 138 valence electrons.